The van der Waals surface area contributed by atoms with Crippen molar-refractivity contribution in [2.75, 3.05) is 6.54 Å². The van der Waals surface area contributed by atoms with Crippen LogP contribution in [-0.2, 0) is 6.18 Å². The van der Waals surface area contributed by atoms with E-state index in [4.69, 9.17) is 5.11 Å². The molecule has 20 heavy (non-hydrogen) atoms. The van der Waals surface area contributed by atoms with Crippen molar-refractivity contribution in [3.63, 3.8) is 0 Å². The SMILES string of the molecule is CC(C)(C)N(CC(=O)c1ncsc1C(F)(F)F)C(=O)O. The number of hydrogen-bond acceptors (Lipinski definition) is 4. The van der Waals surface area contributed by atoms with Gasteiger partial charge in [-0.15, -0.1) is 11.3 Å². The quantitative estimate of drug-likeness (QED) is 0.871. The van der Waals surface area contributed by atoms with Gasteiger partial charge in [0.1, 0.15) is 10.6 Å². The number of carbonyl (C=O) groups excluding carboxylic acids is 1. The number of carboxylic acid groups (broad SMARTS) is 1. The summed E-state index contributed by atoms with van der Waals surface area (Å²) in [5, 5.41) is 9.02. The van der Waals surface area contributed by atoms with E-state index in [0.717, 1.165) is 10.4 Å². The zero-order valence-corrected chi connectivity index (χ0v) is 11.8. The van der Waals surface area contributed by atoms with Gasteiger partial charge in [-0.2, -0.15) is 13.2 Å². The molecule has 0 radical (unpaired) electrons. The van der Waals surface area contributed by atoms with E-state index in [9.17, 15) is 22.8 Å². The Balaban J connectivity index is 3.03. The first kappa shape index (κ1) is 16.4. The lowest BCUT2D eigenvalue weighted by Crippen LogP contribution is -2.47. The van der Waals surface area contributed by atoms with Crippen LogP contribution in [0.1, 0.15) is 36.1 Å². The zero-order chi connectivity index (χ0) is 15.7. The third-order valence-corrected chi connectivity index (χ3v) is 3.30. The molecule has 0 spiro atoms. The summed E-state index contributed by atoms with van der Waals surface area (Å²) in [6.45, 7) is 3.95. The van der Waals surface area contributed by atoms with Gasteiger partial charge in [-0.05, 0) is 20.8 Å². The van der Waals surface area contributed by atoms with Crippen molar-refractivity contribution in [3.8, 4) is 0 Å². The summed E-state index contributed by atoms with van der Waals surface area (Å²) >= 11 is 0.305. The highest BCUT2D eigenvalue weighted by molar-refractivity contribution is 7.10. The Morgan fingerprint density at radius 3 is 2.30 bits per heavy atom. The van der Waals surface area contributed by atoms with Crippen LogP contribution >= 0.6 is 11.3 Å². The van der Waals surface area contributed by atoms with E-state index in [-0.39, 0.29) is 0 Å². The van der Waals surface area contributed by atoms with Crippen LogP contribution in [0, 0.1) is 0 Å². The molecule has 1 aromatic heterocycles. The van der Waals surface area contributed by atoms with Gasteiger partial charge in [-0.3, -0.25) is 9.69 Å². The van der Waals surface area contributed by atoms with Crippen LogP contribution in [0.3, 0.4) is 0 Å². The van der Waals surface area contributed by atoms with Gasteiger partial charge in [-0.1, -0.05) is 0 Å². The molecule has 1 heterocycles. The molecule has 0 atom stereocenters. The van der Waals surface area contributed by atoms with Crippen molar-refractivity contribution in [1.82, 2.24) is 9.88 Å². The van der Waals surface area contributed by atoms with E-state index in [1.165, 1.54) is 0 Å². The second-order valence-corrected chi connectivity index (χ2v) is 5.85. The molecule has 1 amide bonds. The van der Waals surface area contributed by atoms with Crippen molar-refractivity contribution < 1.29 is 27.9 Å². The molecule has 0 aliphatic rings. The zero-order valence-electron chi connectivity index (χ0n) is 11.0. The van der Waals surface area contributed by atoms with E-state index >= 15 is 0 Å². The number of rotatable bonds is 3. The number of thiazole rings is 1. The average molecular weight is 310 g/mol. The Kier molecular flexibility index (Phi) is 4.42. The van der Waals surface area contributed by atoms with E-state index < -0.39 is 40.7 Å². The van der Waals surface area contributed by atoms with Crippen LogP contribution in [0.15, 0.2) is 5.51 Å². The monoisotopic (exact) mass is 310 g/mol. The molecule has 0 fully saturated rings. The molecule has 0 saturated heterocycles. The molecule has 0 aliphatic carbocycles. The Hall–Kier alpha value is -1.64. The normalized spacial score (nSPS) is 12.3. The largest absolute Gasteiger partial charge is 0.465 e. The van der Waals surface area contributed by atoms with Crippen LogP contribution in [0.4, 0.5) is 18.0 Å². The molecular formula is C11H13F3N2O3S. The highest BCUT2D eigenvalue weighted by atomic mass is 32.1. The number of ketones is 1. The first-order chi connectivity index (χ1) is 8.94. The maximum atomic E-state index is 12.7. The standard InChI is InChI=1S/C11H13F3N2O3S/c1-10(2,3)16(9(18)19)4-6(17)7-8(11(12,13)14)20-5-15-7/h5H,4H2,1-3H3,(H,18,19). The predicted octanol–water partition coefficient (Wildman–Crippen LogP) is 3.12. The summed E-state index contributed by atoms with van der Waals surface area (Å²) < 4.78 is 38.0. The third-order valence-electron chi connectivity index (χ3n) is 2.43. The van der Waals surface area contributed by atoms with Crippen LogP contribution in [0.2, 0.25) is 0 Å². The Morgan fingerprint density at radius 1 is 1.35 bits per heavy atom. The fraction of sp³-hybridized carbons (Fsp3) is 0.545. The van der Waals surface area contributed by atoms with E-state index in [2.05, 4.69) is 4.98 Å². The Labute approximate surface area is 117 Å². The number of nitrogens with zero attached hydrogens (tertiary/aromatic N) is 2. The number of Topliss-reactive ketones (excluding diaryl/α,β-unsaturated/α-hetero) is 1. The maximum absolute atomic E-state index is 12.7. The molecule has 0 bridgehead atoms. The first-order valence-electron chi connectivity index (χ1n) is 5.49. The van der Waals surface area contributed by atoms with Crippen molar-refractivity contribution in [2.24, 2.45) is 0 Å². The van der Waals surface area contributed by atoms with Gasteiger partial charge in [0.15, 0.2) is 0 Å². The van der Waals surface area contributed by atoms with Gasteiger partial charge in [0.05, 0.1) is 12.1 Å². The van der Waals surface area contributed by atoms with Gasteiger partial charge in [0.2, 0.25) is 5.78 Å². The minimum atomic E-state index is -4.68. The number of aromatic nitrogens is 1. The van der Waals surface area contributed by atoms with Crippen molar-refractivity contribution >= 4 is 23.2 Å². The van der Waals surface area contributed by atoms with Gasteiger partial charge in [0.25, 0.3) is 0 Å². The molecule has 0 aromatic carbocycles. The predicted molar refractivity (Wildman–Crippen MR) is 65.9 cm³/mol. The van der Waals surface area contributed by atoms with Crippen LogP contribution in [0.5, 0.6) is 0 Å². The average Bonchev–Trinajstić information content (AvgIpc) is 2.71. The topological polar surface area (TPSA) is 70.5 Å². The molecule has 9 heteroatoms. The molecule has 112 valence electrons. The summed E-state index contributed by atoms with van der Waals surface area (Å²) in [7, 11) is 0. The second kappa shape index (κ2) is 5.39. The maximum Gasteiger partial charge on any atom is 0.427 e. The van der Waals surface area contributed by atoms with E-state index in [0.29, 0.717) is 11.3 Å². The fourth-order valence-corrected chi connectivity index (χ4v) is 2.13. The lowest BCUT2D eigenvalue weighted by molar-refractivity contribution is -0.134. The minimum absolute atomic E-state index is 0.305. The third kappa shape index (κ3) is 3.69. The lowest BCUT2D eigenvalue weighted by Gasteiger charge is -2.32. The molecular weight excluding hydrogens is 297 g/mol. The Morgan fingerprint density at radius 2 is 1.90 bits per heavy atom. The van der Waals surface area contributed by atoms with Crippen LogP contribution in [-0.4, -0.2) is 39.0 Å². The van der Waals surface area contributed by atoms with Crippen LogP contribution < -0.4 is 0 Å². The molecule has 0 saturated carbocycles. The summed E-state index contributed by atoms with van der Waals surface area (Å²) in [6.07, 6.45) is -6.06. The molecule has 0 aliphatic heterocycles. The second-order valence-electron chi connectivity index (χ2n) is 4.99. The van der Waals surface area contributed by atoms with Crippen LogP contribution in [0.25, 0.3) is 0 Å². The van der Waals surface area contributed by atoms with E-state index in [1.54, 1.807) is 20.8 Å². The molecule has 1 aromatic rings. The summed E-state index contributed by atoms with van der Waals surface area (Å²) in [5.74, 6) is -0.976. The van der Waals surface area contributed by atoms with Crippen molar-refractivity contribution in [2.45, 2.75) is 32.5 Å². The van der Waals surface area contributed by atoms with Crippen molar-refractivity contribution in [1.29, 1.82) is 0 Å². The smallest absolute Gasteiger partial charge is 0.427 e. The summed E-state index contributed by atoms with van der Waals surface area (Å²) in [4.78, 5) is 26.0. The summed E-state index contributed by atoms with van der Waals surface area (Å²) in [6, 6.07) is 0. The lowest BCUT2D eigenvalue weighted by atomic mass is 10.1. The molecule has 5 nitrogen and oxygen atoms in total. The molecule has 1 rings (SSSR count). The van der Waals surface area contributed by atoms with Gasteiger partial charge >= 0.3 is 12.3 Å². The van der Waals surface area contributed by atoms with Gasteiger partial charge < -0.3 is 5.11 Å². The number of carbonyl (C=O) groups is 2. The highest BCUT2D eigenvalue weighted by Crippen LogP contribution is 2.35. The molecule has 0 unspecified atom stereocenters. The minimum Gasteiger partial charge on any atom is -0.465 e. The van der Waals surface area contributed by atoms with Gasteiger partial charge in [0, 0.05) is 5.54 Å². The summed E-state index contributed by atoms with van der Waals surface area (Å²) in [5.41, 5.74) is -0.730. The van der Waals surface area contributed by atoms with Gasteiger partial charge in [-0.25, -0.2) is 9.78 Å². The fourth-order valence-electron chi connectivity index (χ4n) is 1.46. The number of alkyl halides is 3. The highest BCUT2D eigenvalue weighted by Gasteiger charge is 2.39. The first-order valence-corrected chi connectivity index (χ1v) is 6.37. The number of hydrogen-bond donors (Lipinski definition) is 1. The van der Waals surface area contributed by atoms with E-state index in [1.807, 2.05) is 0 Å². The number of halogens is 3. The van der Waals surface area contributed by atoms with Crippen molar-refractivity contribution in [3.05, 3.63) is 16.1 Å². The Bertz CT molecular complexity index is 520. The molecule has 1 N–H and O–H groups in total. The number of amides is 1.